The predicted octanol–water partition coefficient (Wildman–Crippen LogP) is 3.34. The van der Waals surface area contributed by atoms with E-state index in [0.717, 1.165) is 23.2 Å². The number of carbonyl (C=O) groups excluding carboxylic acids is 1. The number of hydrogen-bond donors (Lipinski definition) is 0. The van der Waals surface area contributed by atoms with Gasteiger partial charge in [-0.3, -0.25) is 4.84 Å². The van der Waals surface area contributed by atoms with Crippen molar-refractivity contribution in [1.29, 1.82) is 0 Å². The Morgan fingerprint density at radius 2 is 1.92 bits per heavy atom. The quantitative estimate of drug-likeness (QED) is 0.764. The molecule has 0 radical (unpaired) electrons. The molecule has 0 aliphatic carbocycles. The molecule has 1 aliphatic rings. The summed E-state index contributed by atoms with van der Waals surface area (Å²) in [5.41, 5.74) is 2.22. The molecule has 4 nitrogen and oxygen atoms in total. The van der Waals surface area contributed by atoms with E-state index >= 15 is 0 Å². The van der Waals surface area contributed by atoms with Crippen molar-refractivity contribution < 1.29 is 14.4 Å². The summed E-state index contributed by atoms with van der Waals surface area (Å²) in [6.07, 6.45) is 5.04. The van der Waals surface area contributed by atoms with Crippen LogP contribution in [0.4, 0.5) is 0 Å². The third-order valence-electron chi connectivity index (χ3n) is 4.16. The first-order valence-electron chi connectivity index (χ1n) is 8.01. The highest BCUT2D eigenvalue weighted by molar-refractivity contribution is 5.58. The molecule has 2 atom stereocenters. The molecule has 0 N–H and O–H groups in total. The maximum absolute atomic E-state index is 11.4. The Balaban J connectivity index is 1.73. The van der Waals surface area contributed by atoms with Crippen LogP contribution in [0.1, 0.15) is 11.1 Å². The first-order valence-corrected chi connectivity index (χ1v) is 8.01. The molecule has 24 heavy (non-hydrogen) atoms. The molecular formula is C20H21NO3. The van der Waals surface area contributed by atoms with Gasteiger partial charge in [0.05, 0.1) is 25.7 Å². The van der Waals surface area contributed by atoms with Gasteiger partial charge in [-0.15, -0.1) is 0 Å². The van der Waals surface area contributed by atoms with Gasteiger partial charge in [-0.1, -0.05) is 54.6 Å². The molecule has 0 saturated carbocycles. The van der Waals surface area contributed by atoms with Crippen LogP contribution in [0.25, 0.3) is 6.08 Å². The van der Waals surface area contributed by atoms with Crippen LogP contribution in [0.15, 0.2) is 60.7 Å². The number of hydrogen-bond acceptors (Lipinski definition) is 4. The molecule has 2 aromatic rings. The summed E-state index contributed by atoms with van der Waals surface area (Å²) in [4.78, 5) is 17.1. The number of ether oxygens (including phenoxy) is 1. The lowest BCUT2D eigenvalue weighted by Crippen LogP contribution is -2.30. The molecular weight excluding hydrogens is 302 g/mol. The van der Waals surface area contributed by atoms with Gasteiger partial charge in [0.2, 0.25) is 0 Å². The average molecular weight is 323 g/mol. The van der Waals surface area contributed by atoms with Gasteiger partial charge in [0.1, 0.15) is 12.0 Å². The zero-order chi connectivity index (χ0) is 16.8. The second-order valence-electron chi connectivity index (χ2n) is 5.78. The first-order chi connectivity index (χ1) is 11.8. The Morgan fingerprint density at radius 1 is 1.17 bits per heavy atom. The summed E-state index contributed by atoms with van der Waals surface area (Å²) in [7, 11) is 1.65. The number of rotatable bonds is 6. The first kappa shape index (κ1) is 16.4. The van der Waals surface area contributed by atoms with Gasteiger partial charge in [-0.2, -0.15) is 5.06 Å². The van der Waals surface area contributed by atoms with Gasteiger partial charge in [0.25, 0.3) is 0 Å². The van der Waals surface area contributed by atoms with Crippen molar-refractivity contribution in [3.8, 4) is 5.75 Å². The second kappa shape index (κ2) is 7.90. The van der Waals surface area contributed by atoms with Crippen LogP contribution >= 0.6 is 0 Å². The summed E-state index contributed by atoms with van der Waals surface area (Å²) in [5, 5.41) is 1.88. The van der Waals surface area contributed by atoms with E-state index in [1.54, 1.807) is 7.11 Å². The van der Waals surface area contributed by atoms with E-state index < -0.39 is 0 Å². The minimum atomic E-state index is -0.150. The molecule has 1 heterocycles. The molecule has 1 saturated heterocycles. The number of benzene rings is 2. The van der Waals surface area contributed by atoms with Crippen LogP contribution in [0.2, 0.25) is 0 Å². The Hall–Kier alpha value is -2.43. The van der Waals surface area contributed by atoms with Gasteiger partial charge < -0.3 is 9.53 Å². The molecule has 0 aromatic heterocycles. The summed E-state index contributed by atoms with van der Waals surface area (Å²) < 4.78 is 5.17. The Morgan fingerprint density at radius 3 is 2.58 bits per heavy atom. The fourth-order valence-corrected chi connectivity index (χ4v) is 2.78. The molecule has 0 unspecified atom stereocenters. The van der Waals surface area contributed by atoms with Gasteiger partial charge in [-0.25, -0.2) is 0 Å². The van der Waals surface area contributed by atoms with Crippen molar-refractivity contribution in [2.75, 3.05) is 13.7 Å². The third-order valence-corrected chi connectivity index (χ3v) is 4.16. The van der Waals surface area contributed by atoms with E-state index in [9.17, 15) is 4.79 Å². The standard InChI is InChI=1S/C20H21NO3/c1-23-19-10-7-16(8-11-19)9-12-20-18(14-22)15-24-21(20)13-17-5-3-2-4-6-17/h2-12,14,18,20H,13,15H2,1H3/b12-9+/t18-,20+/m1/s1. The van der Waals surface area contributed by atoms with Crippen molar-refractivity contribution in [1.82, 2.24) is 5.06 Å². The Bertz CT molecular complexity index is 682. The molecule has 4 heteroatoms. The fraction of sp³-hybridized carbons (Fsp3) is 0.250. The van der Waals surface area contributed by atoms with Crippen LogP contribution in [-0.4, -0.2) is 31.1 Å². The summed E-state index contributed by atoms with van der Waals surface area (Å²) >= 11 is 0. The monoisotopic (exact) mass is 323 g/mol. The van der Waals surface area contributed by atoms with E-state index in [1.165, 1.54) is 0 Å². The second-order valence-corrected chi connectivity index (χ2v) is 5.78. The van der Waals surface area contributed by atoms with E-state index in [1.807, 2.05) is 59.7 Å². The van der Waals surface area contributed by atoms with Gasteiger partial charge in [0, 0.05) is 6.54 Å². The third kappa shape index (κ3) is 3.91. The number of aldehydes is 1. The van der Waals surface area contributed by atoms with Crippen molar-refractivity contribution in [3.63, 3.8) is 0 Å². The van der Waals surface area contributed by atoms with E-state index in [4.69, 9.17) is 9.57 Å². The topological polar surface area (TPSA) is 38.8 Å². The maximum atomic E-state index is 11.4. The van der Waals surface area contributed by atoms with Gasteiger partial charge >= 0.3 is 0 Å². The zero-order valence-corrected chi connectivity index (χ0v) is 13.7. The van der Waals surface area contributed by atoms with Crippen LogP contribution < -0.4 is 4.74 Å². The lowest BCUT2D eigenvalue weighted by molar-refractivity contribution is -0.131. The molecule has 0 amide bonds. The van der Waals surface area contributed by atoms with E-state index in [-0.39, 0.29) is 12.0 Å². The number of nitrogens with zero attached hydrogens (tertiary/aromatic N) is 1. The van der Waals surface area contributed by atoms with E-state index in [2.05, 4.69) is 12.1 Å². The predicted molar refractivity (Wildman–Crippen MR) is 93.3 cm³/mol. The van der Waals surface area contributed by atoms with E-state index in [0.29, 0.717) is 13.2 Å². The van der Waals surface area contributed by atoms with Crippen LogP contribution in [0, 0.1) is 5.92 Å². The molecule has 1 aliphatic heterocycles. The Kier molecular flexibility index (Phi) is 5.41. The normalized spacial score (nSPS) is 21.2. The fourth-order valence-electron chi connectivity index (χ4n) is 2.78. The largest absolute Gasteiger partial charge is 0.497 e. The highest BCUT2D eigenvalue weighted by Gasteiger charge is 2.33. The minimum Gasteiger partial charge on any atom is -0.497 e. The van der Waals surface area contributed by atoms with Gasteiger partial charge in [-0.05, 0) is 23.3 Å². The summed E-state index contributed by atoms with van der Waals surface area (Å²) in [6, 6.07) is 17.9. The lowest BCUT2D eigenvalue weighted by atomic mass is 10.0. The molecule has 0 spiro atoms. The molecule has 124 valence electrons. The molecule has 0 bridgehead atoms. The van der Waals surface area contributed by atoms with Crippen molar-refractivity contribution in [2.24, 2.45) is 5.92 Å². The van der Waals surface area contributed by atoms with Crippen molar-refractivity contribution >= 4 is 12.4 Å². The van der Waals surface area contributed by atoms with Crippen molar-refractivity contribution in [2.45, 2.75) is 12.6 Å². The molecule has 2 aromatic carbocycles. The van der Waals surface area contributed by atoms with Gasteiger partial charge in [0.15, 0.2) is 0 Å². The van der Waals surface area contributed by atoms with Crippen LogP contribution in [-0.2, 0) is 16.2 Å². The zero-order valence-electron chi connectivity index (χ0n) is 13.7. The number of carbonyl (C=O) groups is 1. The average Bonchev–Trinajstić information content (AvgIpc) is 3.03. The number of methoxy groups -OCH3 is 1. The van der Waals surface area contributed by atoms with Crippen LogP contribution in [0.5, 0.6) is 5.75 Å². The van der Waals surface area contributed by atoms with Crippen molar-refractivity contribution in [3.05, 3.63) is 71.8 Å². The lowest BCUT2D eigenvalue weighted by Gasteiger charge is -2.21. The highest BCUT2D eigenvalue weighted by Crippen LogP contribution is 2.24. The van der Waals surface area contributed by atoms with Crippen LogP contribution in [0.3, 0.4) is 0 Å². The summed E-state index contributed by atoms with van der Waals surface area (Å²) in [5.74, 6) is 0.677. The molecule has 1 fully saturated rings. The Labute approximate surface area is 142 Å². The summed E-state index contributed by atoms with van der Waals surface area (Å²) in [6.45, 7) is 1.08. The minimum absolute atomic E-state index is 0.0650. The maximum Gasteiger partial charge on any atom is 0.127 e. The highest BCUT2D eigenvalue weighted by atomic mass is 16.7. The SMILES string of the molecule is COc1ccc(/C=C/[C@H]2[C@H](C=O)CON2Cc2ccccc2)cc1. The molecule has 3 rings (SSSR count). The number of hydroxylamine groups is 2. The smallest absolute Gasteiger partial charge is 0.127 e.